The van der Waals surface area contributed by atoms with Crippen LogP contribution in [-0.4, -0.2) is 10.6 Å². The lowest BCUT2D eigenvalue weighted by Crippen LogP contribution is -2.35. The minimum Gasteiger partial charge on any atom is -0.381 e. The van der Waals surface area contributed by atoms with Crippen LogP contribution in [0.2, 0.25) is 0 Å². The predicted octanol–water partition coefficient (Wildman–Crippen LogP) is 3.89. The quantitative estimate of drug-likeness (QED) is 0.885. The zero-order valence-electron chi connectivity index (χ0n) is 13.1. The van der Waals surface area contributed by atoms with Gasteiger partial charge in [0.25, 0.3) is 5.56 Å². The van der Waals surface area contributed by atoms with E-state index in [0.717, 1.165) is 24.6 Å². The fraction of sp³-hybridized carbons (Fsp3) is 0.706. The Labute approximate surface area is 122 Å². The van der Waals surface area contributed by atoms with Gasteiger partial charge in [-0.25, -0.2) is 0 Å². The summed E-state index contributed by atoms with van der Waals surface area (Å²) in [5.41, 5.74) is 1.19. The molecule has 0 aromatic carbocycles. The van der Waals surface area contributed by atoms with Crippen LogP contribution < -0.4 is 10.9 Å². The van der Waals surface area contributed by atoms with Gasteiger partial charge in [0.2, 0.25) is 0 Å². The molecule has 0 radical (unpaired) electrons. The molecule has 1 aliphatic carbocycles. The van der Waals surface area contributed by atoms with E-state index in [1.807, 2.05) is 16.8 Å². The molecule has 3 nitrogen and oxygen atoms in total. The van der Waals surface area contributed by atoms with Crippen molar-refractivity contribution >= 4 is 5.69 Å². The largest absolute Gasteiger partial charge is 0.381 e. The van der Waals surface area contributed by atoms with Crippen LogP contribution in [0.15, 0.2) is 23.1 Å². The van der Waals surface area contributed by atoms with Crippen molar-refractivity contribution in [3.8, 4) is 0 Å². The number of hydrogen-bond donors (Lipinski definition) is 1. The van der Waals surface area contributed by atoms with E-state index in [2.05, 4.69) is 26.1 Å². The highest BCUT2D eigenvalue weighted by Crippen LogP contribution is 2.32. The van der Waals surface area contributed by atoms with Gasteiger partial charge in [-0.3, -0.25) is 4.79 Å². The average Bonchev–Trinajstić information content (AvgIpc) is 2.43. The van der Waals surface area contributed by atoms with E-state index in [1.165, 1.54) is 25.7 Å². The van der Waals surface area contributed by atoms with Gasteiger partial charge in [0, 0.05) is 24.8 Å². The number of anilines is 1. The smallest absolute Gasteiger partial charge is 0.250 e. The van der Waals surface area contributed by atoms with E-state index in [4.69, 9.17) is 0 Å². The van der Waals surface area contributed by atoms with Gasteiger partial charge in [0.15, 0.2) is 0 Å². The third-order valence-corrected chi connectivity index (χ3v) is 4.48. The van der Waals surface area contributed by atoms with Crippen LogP contribution >= 0.6 is 0 Å². The molecule has 1 aromatic heterocycles. The molecule has 0 amide bonds. The standard InChI is InChI=1S/C17H28N2O/c1-4-11-19-12-14(9-10-17(19)20)18-16-8-6-5-7-15(16)13(2)3/h9-10,12-13,15-16,18H,4-8,11H2,1-3H3. The molecule has 2 atom stereocenters. The number of hydrogen-bond acceptors (Lipinski definition) is 2. The average molecular weight is 276 g/mol. The number of nitrogens with zero attached hydrogens (tertiary/aromatic N) is 1. The zero-order chi connectivity index (χ0) is 14.5. The van der Waals surface area contributed by atoms with E-state index in [9.17, 15) is 4.79 Å². The first-order valence-electron chi connectivity index (χ1n) is 8.09. The second kappa shape index (κ2) is 6.96. The first-order chi connectivity index (χ1) is 9.61. The fourth-order valence-corrected chi connectivity index (χ4v) is 3.38. The molecule has 1 aromatic rings. The van der Waals surface area contributed by atoms with E-state index in [1.54, 1.807) is 6.07 Å². The Kier molecular flexibility index (Phi) is 5.27. The van der Waals surface area contributed by atoms with Gasteiger partial charge in [-0.2, -0.15) is 0 Å². The van der Waals surface area contributed by atoms with Crippen molar-refractivity contribution in [3.05, 3.63) is 28.7 Å². The lowest BCUT2D eigenvalue weighted by molar-refractivity contribution is 0.253. The Bertz CT molecular complexity index is 478. The summed E-state index contributed by atoms with van der Waals surface area (Å²) in [5.74, 6) is 1.46. The van der Waals surface area contributed by atoms with Gasteiger partial charge in [0.1, 0.15) is 0 Å². The van der Waals surface area contributed by atoms with Crippen LogP contribution in [0, 0.1) is 11.8 Å². The number of nitrogens with one attached hydrogen (secondary N) is 1. The topological polar surface area (TPSA) is 34.0 Å². The molecule has 1 N–H and O–H groups in total. The number of aromatic nitrogens is 1. The molecule has 0 aliphatic heterocycles. The third-order valence-electron chi connectivity index (χ3n) is 4.48. The van der Waals surface area contributed by atoms with Gasteiger partial charge >= 0.3 is 0 Å². The van der Waals surface area contributed by atoms with Gasteiger partial charge in [-0.05, 0) is 37.2 Å². The highest BCUT2D eigenvalue weighted by Gasteiger charge is 2.27. The summed E-state index contributed by atoms with van der Waals surface area (Å²) in [7, 11) is 0. The van der Waals surface area contributed by atoms with Crippen molar-refractivity contribution in [1.29, 1.82) is 0 Å². The van der Waals surface area contributed by atoms with E-state index in [0.29, 0.717) is 12.0 Å². The van der Waals surface area contributed by atoms with Crippen LogP contribution in [0.25, 0.3) is 0 Å². The van der Waals surface area contributed by atoms with Crippen molar-refractivity contribution in [1.82, 2.24) is 4.57 Å². The van der Waals surface area contributed by atoms with Gasteiger partial charge < -0.3 is 9.88 Å². The summed E-state index contributed by atoms with van der Waals surface area (Å²) in [5, 5.41) is 3.68. The van der Waals surface area contributed by atoms with Crippen LogP contribution in [-0.2, 0) is 6.54 Å². The normalized spacial score (nSPS) is 23.0. The van der Waals surface area contributed by atoms with Gasteiger partial charge in [0.05, 0.1) is 5.69 Å². The molecule has 2 unspecified atom stereocenters. The lowest BCUT2D eigenvalue weighted by Gasteiger charge is -2.35. The molecule has 1 saturated carbocycles. The Balaban J connectivity index is 2.11. The predicted molar refractivity (Wildman–Crippen MR) is 85.2 cm³/mol. The Hall–Kier alpha value is -1.25. The van der Waals surface area contributed by atoms with E-state index >= 15 is 0 Å². The molecule has 0 spiro atoms. The summed E-state index contributed by atoms with van der Waals surface area (Å²) in [4.78, 5) is 11.8. The zero-order valence-corrected chi connectivity index (χ0v) is 13.1. The summed E-state index contributed by atoms with van der Waals surface area (Å²) in [6.07, 6.45) is 8.21. The second-order valence-corrected chi connectivity index (χ2v) is 6.39. The van der Waals surface area contributed by atoms with Crippen molar-refractivity contribution in [2.75, 3.05) is 5.32 Å². The molecule has 0 saturated heterocycles. The number of aryl methyl sites for hydroxylation is 1. The third kappa shape index (κ3) is 3.65. The molecular formula is C17H28N2O. The molecule has 3 heteroatoms. The Morgan fingerprint density at radius 1 is 1.30 bits per heavy atom. The highest BCUT2D eigenvalue weighted by atomic mass is 16.1. The van der Waals surface area contributed by atoms with Crippen molar-refractivity contribution in [2.45, 2.75) is 65.5 Å². The maximum absolute atomic E-state index is 11.8. The summed E-state index contributed by atoms with van der Waals surface area (Å²) >= 11 is 0. The van der Waals surface area contributed by atoms with Crippen LogP contribution in [0.3, 0.4) is 0 Å². The van der Waals surface area contributed by atoms with Gasteiger partial charge in [-0.1, -0.05) is 33.6 Å². The van der Waals surface area contributed by atoms with E-state index < -0.39 is 0 Å². The SMILES string of the molecule is CCCn1cc(NC2CCCCC2C(C)C)ccc1=O. The van der Waals surface area contributed by atoms with Crippen LogP contribution in [0.5, 0.6) is 0 Å². The maximum atomic E-state index is 11.8. The van der Waals surface area contributed by atoms with Gasteiger partial charge in [-0.15, -0.1) is 0 Å². The molecule has 20 heavy (non-hydrogen) atoms. The molecule has 1 heterocycles. The maximum Gasteiger partial charge on any atom is 0.250 e. The molecule has 1 aliphatic rings. The Morgan fingerprint density at radius 2 is 2.05 bits per heavy atom. The fourth-order valence-electron chi connectivity index (χ4n) is 3.38. The molecule has 0 bridgehead atoms. The van der Waals surface area contributed by atoms with Crippen LogP contribution in [0.4, 0.5) is 5.69 Å². The first kappa shape index (κ1) is 15.1. The molecule has 1 fully saturated rings. The van der Waals surface area contributed by atoms with E-state index in [-0.39, 0.29) is 5.56 Å². The minimum absolute atomic E-state index is 0.0986. The Morgan fingerprint density at radius 3 is 2.75 bits per heavy atom. The lowest BCUT2D eigenvalue weighted by atomic mass is 9.78. The van der Waals surface area contributed by atoms with Crippen molar-refractivity contribution in [2.24, 2.45) is 11.8 Å². The number of pyridine rings is 1. The first-order valence-corrected chi connectivity index (χ1v) is 8.09. The highest BCUT2D eigenvalue weighted by molar-refractivity contribution is 5.41. The summed E-state index contributed by atoms with van der Waals surface area (Å²) < 4.78 is 1.82. The molecule has 2 rings (SSSR count). The van der Waals surface area contributed by atoms with Crippen molar-refractivity contribution < 1.29 is 0 Å². The summed E-state index contributed by atoms with van der Waals surface area (Å²) in [6, 6.07) is 4.17. The number of rotatable bonds is 5. The minimum atomic E-state index is 0.0986. The molecular weight excluding hydrogens is 248 g/mol. The van der Waals surface area contributed by atoms with Crippen molar-refractivity contribution in [3.63, 3.8) is 0 Å². The monoisotopic (exact) mass is 276 g/mol. The molecule has 112 valence electrons. The second-order valence-electron chi connectivity index (χ2n) is 6.39. The summed E-state index contributed by atoms with van der Waals surface area (Å²) in [6.45, 7) is 7.54. The van der Waals surface area contributed by atoms with Crippen LogP contribution in [0.1, 0.15) is 52.9 Å².